The van der Waals surface area contributed by atoms with Crippen LogP contribution in [0.25, 0.3) is 0 Å². The van der Waals surface area contributed by atoms with Gasteiger partial charge in [0.1, 0.15) is 11.5 Å². The fourth-order valence-electron chi connectivity index (χ4n) is 2.29. The minimum atomic E-state index is 0.633. The van der Waals surface area contributed by atoms with Crippen LogP contribution >= 0.6 is 15.9 Å². The van der Waals surface area contributed by atoms with Crippen LogP contribution in [-0.2, 0) is 0 Å². The predicted octanol–water partition coefficient (Wildman–Crippen LogP) is 3.73. The molecule has 2 nitrogen and oxygen atoms in total. The Morgan fingerprint density at radius 1 is 1.06 bits per heavy atom. The number of methoxy groups -OCH3 is 2. The topological polar surface area (TPSA) is 18.5 Å². The number of alkyl halides is 1. The Morgan fingerprint density at radius 3 is 2.12 bits per heavy atom. The van der Waals surface area contributed by atoms with Crippen molar-refractivity contribution in [3.05, 3.63) is 23.8 Å². The standard InChI is InChI=1S/C13H17BrO2/c1-15-12-6-10(7-13(8-12)16-2)9-3-4-11(14)5-9/h6-9,11H,3-5H2,1-2H3. The molecular weight excluding hydrogens is 268 g/mol. The van der Waals surface area contributed by atoms with Gasteiger partial charge in [0, 0.05) is 10.9 Å². The first-order valence-electron chi connectivity index (χ1n) is 5.60. The van der Waals surface area contributed by atoms with E-state index in [-0.39, 0.29) is 0 Å². The zero-order valence-corrected chi connectivity index (χ0v) is 11.3. The molecule has 1 aliphatic carbocycles. The zero-order chi connectivity index (χ0) is 11.5. The lowest BCUT2D eigenvalue weighted by Crippen LogP contribution is -1.97. The van der Waals surface area contributed by atoms with E-state index in [0.29, 0.717) is 10.7 Å². The van der Waals surface area contributed by atoms with E-state index in [2.05, 4.69) is 28.1 Å². The van der Waals surface area contributed by atoms with Crippen molar-refractivity contribution in [1.82, 2.24) is 0 Å². The molecule has 0 radical (unpaired) electrons. The van der Waals surface area contributed by atoms with Crippen LogP contribution in [0.2, 0.25) is 0 Å². The Balaban J connectivity index is 2.25. The van der Waals surface area contributed by atoms with E-state index < -0.39 is 0 Å². The maximum absolute atomic E-state index is 5.29. The molecule has 1 saturated carbocycles. The van der Waals surface area contributed by atoms with E-state index in [1.54, 1.807) is 14.2 Å². The number of benzene rings is 1. The van der Waals surface area contributed by atoms with Gasteiger partial charge in [0.2, 0.25) is 0 Å². The molecule has 1 aromatic rings. The summed E-state index contributed by atoms with van der Waals surface area (Å²) >= 11 is 3.68. The van der Waals surface area contributed by atoms with Gasteiger partial charge in [-0.25, -0.2) is 0 Å². The third-order valence-electron chi connectivity index (χ3n) is 3.21. The molecule has 2 rings (SSSR count). The lowest BCUT2D eigenvalue weighted by atomic mass is 9.97. The molecule has 16 heavy (non-hydrogen) atoms. The lowest BCUT2D eigenvalue weighted by molar-refractivity contribution is 0.392. The summed E-state index contributed by atoms with van der Waals surface area (Å²) in [5, 5.41) is 0. The third-order valence-corrected chi connectivity index (χ3v) is 4.05. The van der Waals surface area contributed by atoms with Gasteiger partial charge in [-0.2, -0.15) is 0 Å². The Hall–Kier alpha value is -0.700. The summed E-state index contributed by atoms with van der Waals surface area (Å²) in [6, 6.07) is 6.17. The van der Waals surface area contributed by atoms with Gasteiger partial charge in [0.25, 0.3) is 0 Å². The summed E-state index contributed by atoms with van der Waals surface area (Å²) in [6.07, 6.45) is 3.70. The number of hydrogen-bond donors (Lipinski definition) is 0. The summed E-state index contributed by atoms with van der Waals surface area (Å²) in [6.45, 7) is 0. The molecule has 2 atom stereocenters. The van der Waals surface area contributed by atoms with E-state index in [0.717, 1.165) is 11.5 Å². The van der Waals surface area contributed by atoms with Crippen LogP contribution < -0.4 is 9.47 Å². The van der Waals surface area contributed by atoms with E-state index in [1.807, 2.05) is 6.07 Å². The Labute approximate surface area is 105 Å². The molecule has 3 heteroatoms. The lowest BCUT2D eigenvalue weighted by Gasteiger charge is -2.13. The van der Waals surface area contributed by atoms with Crippen LogP contribution in [0, 0.1) is 0 Å². The van der Waals surface area contributed by atoms with Crippen molar-refractivity contribution in [2.45, 2.75) is 30.0 Å². The average Bonchev–Trinajstić information content (AvgIpc) is 2.75. The summed E-state index contributed by atoms with van der Waals surface area (Å²) < 4.78 is 10.6. The van der Waals surface area contributed by atoms with Crippen molar-refractivity contribution in [3.8, 4) is 11.5 Å². The molecule has 1 aromatic carbocycles. The van der Waals surface area contributed by atoms with E-state index in [1.165, 1.54) is 24.8 Å². The van der Waals surface area contributed by atoms with E-state index >= 15 is 0 Å². The fourth-order valence-corrected chi connectivity index (χ4v) is 3.01. The normalized spacial score (nSPS) is 24.4. The minimum Gasteiger partial charge on any atom is -0.497 e. The van der Waals surface area contributed by atoms with Gasteiger partial charge >= 0.3 is 0 Å². The van der Waals surface area contributed by atoms with Gasteiger partial charge in [-0.3, -0.25) is 0 Å². The van der Waals surface area contributed by atoms with Crippen molar-refractivity contribution in [3.63, 3.8) is 0 Å². The highest BCUT2D eigenvalue weighted by Gasteiger charge is 2.24. The molecular formula is C13H17BrO2. The van der Waals surface area contributed by atoms with Crippen molar-refractivity contribution in [1.29, 1.82) is 0 Å². The van der Waals surface area contributed by atoms with Gasteiger partial charge in [0.05, 0.1) is 14.2 Å². The van der Waals surface area contributed by atoms with Crippen LogP contribution in [0.15, 0.2) is 18.2 Å². The predicted molar refractivity (Wildman–Crippen MR) is 68.9 cm³/mol. The second kappa shape index (κ2) is 5.09. The van der Waals surface area contributed by atoms with Gasteiger partial charge in [-0.15, -0.1) is 0 Å². The molecule has 0 saturated heterocycles. The van der Waals surface area contributed by atoms with E-state index in [9.17, 15) is 0 Å². The number of rotatable bonds is 3. The number of halogens is 1. The van der Waals surface area contributed by atoms with Gasteiger partial charge in [-0.1, -0.05) is 15.9 Å². The summed E-state index contributed by atoms with van der Waals surface area (Å²) in [7, 11) is 3.39. The maximum Gasteiger partial charge on any atom is 0.122 e. The third kappa shape index (κ3) is 2.51. The SMILES string of the molecule is COc1cc(OC)cc(C2CCC(Br)C2)c1. The molecule has 0 amide bonds. The van der Waals surface area contributed by atoms with Crippen molar-refractivity contribution in [2.24, 2.45) is 0 Å². The van der Waals surface area contributed by atoms with Crippen LogP contribution in [0.3, 0.4) is 0 Å². The Bertz CT molecular complexity index is 343. The van der Waals surface area contributed by atoms with Crippen LogP contribution in [0.5, 0.6) is 11.5 Å². The van der Waals surface area contributed by atoms with Crippen LogP contribution in [0.1, 0.15) is 30.7 Å². The quantitative estimate of drug-likeness (QED) is 0.788. The largest absolute Gasteiger partial charge is 0.497 e. The molecule has 0 bridgehead atoms. The highest BCUT2D eigenvalue weighted by molar-refractivity contribution is 9.09. The average molecular weight is 285 g/mol. The second-order valence-electron chi connectivity index (χ2n) is 4.25. The molecule has 1 fully saturated rings. The molecule has 1 aliphatic rings. The number of hydrogen-bond acceptors (Lipinski definition) is 2. The summed E-state index contributed by atoms with van der Waals surface area (Å²) in [5.41, 5.74) is 1.33. The minimum absolute atomic E-state index is 0.633. The molecule has 0 aliphatic heterocycles. The van der Waals surface area contributed by atoms with Gasteiger partial charge in [0.15, 0.2) is 0 Å². The summed E-state index contributed by atoms with van der Waals surface area (Å²) in [4.78, 5) is 0.662. The summed E-state index contributed by atoms with van der Waals surface area (Å²) in [5.74, 6) is 2.40. The first-order valence-corrected chi connectivity index (χ1v) is 6.51. The smallest absolute Gasteiger partial charge is 0.122 e. The van der Waals surface area contributed by atoms with Gasteiger partial charge < -0.3 is 9.47 Å². The second-order valence-corrected chi connectivity index (χ2v) is 5.55. The molecule has 88 valence electrons. The van der Waals surface area contributed by atoms with E-state index in [4.69, 9.17) is 9.47 Å². The first-order chi connectivity index (χ1) is 7.72. The molecule has 0 spiro atoms. The van der Waals surface area contributed by atoms with Crippen molar-refractivity contribution >= 4 is 15.9 Å². The van der Waals surface area contributed by atoms with Crippen molar-refractivity contribution in [2.75, 3.05) is 14.2 Å². The highest BCUT2D eigenvalue weighted by Crippen LogP contribution is 2.40. The maximum atomic E-state index is 5.29. The Morgan fingerprint density at radius 2 is 1.69 bits per heavy atom. The monoisotopic (exact) mass is 284 g/mol. The molecule has 0 heterocycles. The highest BCUT2D eigenvalue weighted by atomic mass is 79.9. The fraction of sp³-hybridized carbons (Fsp3) is 0.538. The molecule has 0 aromatic heterocycles. The number of ether oxygens (including phenoxy) is 2. The van der Waals surface area contributed by atoms with Crippen molar-refractivity contribution < 1.29 is 9.47 Å². The first kappa shape index (κ1) is 11.8. The molecule has 2 unspecified atom stereocenters. The van der Waals surface area contributed by atoms with Crippen LogP contribution in [-0.4, -0.2) is 19.0 Å². The molecule has 0 N–H and O–H groups in total. The zero-order valence-electron chi connectivity index (χ0n) is 9.70. The van der Waals surface area contributed by atoms with Crippen LogP contribution in [0.4, 0.5) is 0 Å². The van der Waals surface area contributed by atoms with Gasteiger partial charge in [-0.05, 0) is 42.9 Å². The Kier molecular flexibility index (Phi) is 3.74.